The van der Waals surface area contributed by atoms with E-state index in [2.05, 4.69) is 15.2 Å². The number of pyridine rings is 1. The summed E-state index contributed by atoms with van der Waals surface area (Å²) in [6.07, 6.45) is 1.26. The van der Waals surface area contributed by atoms with Crippen LogP contribution in [0.3, 0.4) is 0 Å². The summed E-state index contributed by atoms with van der Waals surface area (Å²) in [5.41, 5.74) is 1.46. The van der Waals surface area contributed by atoms with Gasteiger partial charge in [0.15, 0.2) is 5.65 Å². The van der Waals surface area contributed by atoms with Crippen LogP contribution in [-0.4, -0.2) is 29.4 Å². The van der Waals surface area contributed by atoms with E-state index in [0.717, 1.165) is 16.7 Å². The van der Waals surface area contributed by atoms with E-state index in [1.807, 2.05) is 12.1 Å². The number of H-pyrrole nitrogens is 1. The molecule has 0 aromatic carbocycles. The molecule has 0 saturated carbocycles. The quantitative estimate of drug-likeness (QED) is 0.745. The summed E-state index contributed by atoms with van der Waals surface area (Å²) >= 11 is 0. The zero-order valence-electron chi connectivity index (χ0n) is 8.02. The molecule has 1 N–H and O–H groups in total. The normalized spacial score (nSPS) is 11.4. The first-order valence-corrected chi connectivity index (χ1v) is 4.21. The molecule has 0 saturated heterocycles. The van der Waals surface area contributed by atoms with Crippen LogP contribution >= 0.6 is 0 Å². The third kappa shape index (κ3) is 1.36. The van der Waals surface area contributed by atoms with E-state index >= 15 is 0 Å². The molecule has 74 valence electrons. The van der Waals surface area contributed by atoms with Crippen LogP contribution in [0.15, 0.2) is 18.3 Å². The molecule has 2 rings (SSSR count). The molecule has 0 bridgehead atoms. The minimum absolute atomic E-state index is 0.451. The van der Waals surface area contributed by atoms with Crippen molar-refractivity contribution in [2.45, 2.75) is 6.29 Å². The molecular weight excluding hydrogens is 182 g/mol. The lowest BCUT2D eigenvalue weighted by atomic mass is 10.2. The molecule has 2 heterocycles. The van der Waals surface area contributed by atoms with Crippen molar-refractivity contribution in [3.8, 4) is 0 Å². The highest BCUT2D eigenvalue weighted by atomic mass is 16.7. The van der Waals surface area contributed by atoms with Crippen molar-refractivity contribution in [1.29, 1.82) is 0 Å². The van der Waals surface area contributed by atoms with Crippen molar-refractivity contribution in [1.82, 2.24) is 15.2 Å². The number of fused-ring (bicyclic) bond motifs is 1. The second-order valence-electron chi connectivity index (χ2n) is 2.81. The first-order chi connectivity index (χ1) is 6.86. The number of hydrogen-bond donors (Lipinski definition) is 1. The summed E-state index contributed by atoms with van der Waals surface area (Å²) in [5.74, 6) is 0. The van der Waals surface area contributed by atoms with Crippen LogP contribution in [0, 0.1) is 0 Å². The summed E-state index contributed by atoms with van der Waals surface area (Å²) in [5, 5.41) is 7.83. The first kappa shape index (κ1) is 9.11. The molecule has 0 amide bonds. The number of rotatable bonds is 3. The topological polar surface area (TPSA) is 60.0 Å². The maximum absolute atomic E-state index is 5.12. The van der Waals surface area contributed by atoms with Crippen molar-refractivity contribution < 1.29 is 9.47 Å². The number of hydrogen-bond acceptors (Lipinski definition) is 4. The number of methoxy groups -OCH3 is 2. The number of ether oxygens (including phenoxy) is 2. The summed E-state index contributed by atoms with van der Waals surface area (Å²) in [4.78, 5) is 4.12. The average molecular weight is 193 g/mol. The van der Waals surface area contributed by atoms with Crippen molar-refractivity contribution >= 4 is 11.0 Å². The summed E-state index contributed by atoms with van der Waals surface area (Å²) in [6, 6.07) is 3.77. The van der Waals surface area contributed by atoms with E-state index in [0.29, 0.717) is 0 Å². The van der Waals surface area contributed by atoms with Gasteiger partial charge in [-0.15, -0.1) is 0 Å². The van der Waals surface area contributed by atoms with Crippen LogP contribution in [-0.2, 0) is 9.47 Å². The summed E-state index contributed by atoms with van der Waals surface area (Å²) in [7, 11) is 3.15. The third-order valence-electron chi connectivity index (χ3n) is 2.02. The van der Waals surface area contributed by atoms with E-state index < -0.39 is 6.29 Å². The predicted molar refractivity (Wildman–Crippen MR) is 50.6 cm³/mol. The monoisotopic (exact) mass is 193 g/mol. The van der Waals surface area contributed by atoms with E-state index in [4.69, 9.17) is 9.47 Å². The lowest BCUT2D eigenvalue weighted by Gasteiger charge is -2.09. The second kappa shape index (κ2) is 3.73. The van der Waals surface area contributed by atoms with E-state index in [1.54, 1.807) is 20.4 Å². The highest BCUT2D eigenvalue weighted by Crippen LogP contribution is 2.22. The Morgan fingerprint density at radius 2 is 2.14 bits per heavy atom. The Morgan fingerprint density at radius 1 is 1.36 bits per heavy atom. The van der Waals surface area contributed by atoms with Gasteiger partial charge in [-0.05, 0) is 12.1 Å². The van der Waals surface area contributed by atoms with Crippen molar-refractivity contribution in [2.24, 2.45) is 0 Å². The predicted octanol–water partition coefficient (Wildman–Crippen LogP) is 1.25. The Hall–Kier alpha value is -1.46. The summed E-state index contributed by atoms with van der Waals surface area (Å²) < 4.78 is 10.2. The molecule has 0 radical (unpaired) electrons. The van der Waals surface area contributed by atoms with Crippen molar-refractivity contribution in [2.75, 3.05) is 14.2 Å². The highest BCUT2D eigenvalue weighted by Gasteiger charge is 2.16. The Morgan fingerprint density at radius 3 is 2.86 bits per heavy atom. The average Bonchev–Trinajstić information content (AvgIpc) is 2.65. The van der Waals surface area contributed by atoms with Gasteiger partial charge < -0.3 is 9.47 Å². The van der Waals surface area contributed by atoms with Gasteiger partial charge in [0.05, 0.1) is 0 Å². The molecule has 0 spiro atoms. The molecule has 5 heteroatoms. The van der Waals surface area contributed by atoms with Gasteiger partial charge in [0, 0.05) is 25.8 Å². The van der Waals surface area contributed by atoms with E-state index in [9.17, 15) is 0 Å². The van der Waals surface area contributed by atoms with Crippen LogP contribution in [0.2, 0.25) is 0 Å². The Labute approximate surface area is 81.1 Å². The van der Waals surface area contributed by atoms with Gasteiger partial charge in [-0.1, -0.05) is 0 Å². The van der Waals surface area contributed by atoms with Gasteiger partial charge in [-0.3, -0.25) is 5.10 Å². The minimum atomic E-state index is -0.451. The van der Waals surface area contributed by atoms with Crippen LogP contribution in [0.5, 0.6) is 0 Å². The summed E-state index contributed by atoms with van der Waals surface area (Å²) in [6.45, 7) is 0. The second-order valence-corrected chi connectivity index (χ2v) is 2.81. The Balaban J connectivity index is 2.51. The third-order valence-corrected chi connectivity index (χ3v) is 2.02. The lowest BCUT2D eigenvalue weighted by Crippen LogP contribution is -2.04. The van der Waals surface area contributed by atoms with Crippen LogP contribution in [0.25, 0.3) is 11.0 Å². The number of aromatic nitrogens is 3. The Kier molecular flexibility index (Phi) is 2.43. The van der Waals surface area contributed by atoms with Gasteiger partial charge in [0.1, 0.15) is 5.69 Å². The zero-order chi connectivity index (χ0) is 9.97. The van der Waals surface area contributed by atoms with Crippen molar-refractivity contribution in [3.05, 3.63) is 24.0 Å². The smallest absolute Gasteiger partial charge is 0.203 e. The molecule has 5 nitrogen and oxygen atoms in total. The maximum Gasteiger partial charge on any atom is 0.203 e. The fourth-order valence-corrected chi connectivity index (χ4v) is 1.37. The van der Waals surface area contributed by atoms with Gasteiger partial charge in [-0.2, -0.15) is 5.10 Å². The number of aromatic amines is 1. The Bertz CT molecular complexity index is 423. The van der Waals surface area contributed by atoms with Crippen LogP contribution in [0.1, 0.15) is 12.0 Å². The van der Waals surface area contributed by atoms with Crippen LogP contribution < -0.4 is 0 Å². The molecule has 0 atom stereocenters. The van der Waals surface area contributed by atoms with Gasteiger partial charge in [0.2, 0.25) is 6.29 Å². The molecule has 0 aliphatic rings. The lowest BCUT2D eigenvalue weighted by molar-refractivity contribution is -0.107. The van der Waals surface area contributed by atoms with Gasteiger partial charge in [0.25, 0.3) is 0 Å². The van der Waals surface area contributed by atoms with E-state index in [-0.39, 0.29) is 0 Å². The molecular formula is C9H11N3O2. The SMILES string of the molecule is COC(OC)c1n[nH]c2ncccc12. The highest BCUT2D eigenvalue weighted by molar-refractivity contribution is 5.77. The molecule has 14 heavy (non-hydrogen) atoms. The van der Waals surface area contributed by atoms with E-state index in [1.165, 1.54) is 0 Å². The molecule has 2 aromatic heterocycles. The fraction of sp³-hybridized carbons (Fsp3) is 0.333. The fourth-order valence-electron chi connectivity index (χ4n) is 1.37. The molecule has 0 fully saturated rings. The first-order valence-electron chi connectivity index (χ1n) is 4.21. The molecule has 0 unspecified atom stereocenters. The largest absolute Gasteiger partial charge is 0.350 e. The van der Waals surface area contributed by atoms with Crippen LogP contribution in [0.4, 0.5) is 0 Å². The molecule has 0 aliphatic heterocycles. The van der Waals surface area contributed by atoms with Gasteiger partial charge >= 0.3 is 0 Å². The molecule has 2 aromatic rings. The zero-order valence-corrected chi connectivity index (χ0v) is 8.02. The maximum atomic E-state index is 5.12. The standard InChI is InChI=1S/C9H11N3O2/c1-13-9(14-2)7-6-4-3-5-10-8(6)12-11-7/h3-5,9H,1-2H3,(H,10,11,12). The minimum Gasteiger partial charge on any atom is -0.350 e. The van der Waals surface area contributed by atoms with Crippen molar-refractivity contribution in [3.63, 3.8) is 0 Å². The van der Waals surface area contributed by atoms with Gasteiger partial charge in [-0.25, -0.2) is 4.98 Å². The molecule has 0 aliphatic carbocycles. The number of nitrogens with one attached hydrogen (secondary N) is 1. The number of nitrogens with zero attached hydrogens (tertiary/aromatic N) is 2.